The quantitative estimate of drug-likeness (QED) is 0.732. The third kappa shape index (κ3) is 2.93. The average molecular weight is 332 g/mol. The van der Waals surface area contributed by atoms with Gasteiger partial charge in [-0.25, -0.2) is 14.4 Å². The molecule has 0 radical (unpaired) electrons. The minimum atomic E-state index is -0.502. The third-order valence-electron chi connectivity index (χ3n) is 3.30. The first-order valence-electron chi connectivity index (χ1n) is 6.62. The first-order valence-corrected chi connectivity index (χ1v) is 7.00. The number of halogens is 2. The number of hydrogen-bond acceptors (Lipinski definition) is 5. The van der Waals surface area contributed by atoms with E-state index in [1.165, 1.54) is 25.6 Å². The second-order valence-corrected chi connectivity index (χ2v) is 5.11. The van der Waals surface area contributed by atoms with E-state index < -0.39 is 5.82 Å². The number of carbonyl (C=O) groups is 1. The molecule has 1 aromatic heterocycles. The van der Waals surface area contributed by atoms with Gasteiger partial charge in [-0.05, 0) is 24.3 Å². The Labute approximate surface area is 136 Å². The van der Waals surface area contributed by atoms with Crippen LogP contribution >= 0.6 is 11.6 Å². The smallest absolute Gasteiger partial charge is 0.153 e. The maximum Gasteiger partial charge on any atom is 0.153 e. The molecule has 0 amide bonds. The normalized spacial score (nSPS) is 10.6. The number of ether oxygens (including phenoxy) is 1. The number of rotatable bonds is 4. The summed E-state index contributed by atoms with van der Waals surface area (Å²) in [6, 6.07) is 7.54. The van der Waals surface area contributed by atoms with Crippen molar-refractivity contribution in [3.05, 3.63) is 53.1 Å². The highest BCUT2D eigenvalue weighted by atomic mass is 35.5. The number of aromatic nitrogens is 2. The number of nitrogens with one attached hydrogen (secondary N) is 1. The van der Waals surface area contributed by atoms with Crippen LogP contribution in [-0.4, -0.2) is 23.4 Å². The summed E-state index contributed by atoms with van der Waals surface area (Å²) < 4.78 is 18.4. The summed E-state index contributed by atoms with van der Waals surface area (Å²) in [5.41, 5.74) is 1.56. The SMILES string of the molecule is COc1cc2ncnc(Nc3ccc(F)c(Cl)c3)c2cc1C=O. The van der Waals surface area contributed by atoms with Crippen LogP contribution in [0.4, 0.5) is 15.9 Å². The van der Waals surface area contributed by atoms with Crippen molar-refractivity contribution in [3.63, 3.8) is 0 Å². The molecule has 0 saturated carbocycles. The van der Waals surface area contributed by atoms with E-state index in [1.807, 2.05) is 0 Å². The van der Waals surface area contributed by atoms with E-state index in [1.54, 1.807) is 18.2 Å². The van der Waals surface area contributed by atoms with Crippen molar-refractivity contribution < 1.29 is 13.9 Å². The van der Waals surface area contributed by atoms with Crippen molar-refractivity contribution in [2.75, 3.05) is 12.4 Å². The Bertz CT molecular complexity index is 902. The van der Waals surface area contributed by atoms with Gasteiger partial charge in [0.15, 0.2) is 6.29 Å². The molecular weight excluding hydrogens is 321 g/mol. The highest BCUT2D eigenvalue weighted by molar-refractivity contribution is 6.31. The third-order valence-corrected chi connectivity index (χ3v) is 3.59. The second kappa shape index (κ2) is 6.18. The molecule has 1 N–H and O–H groups in total. The molecule has 3 rings (SSSR count). The van der Waals surface area contributed by atoms with Gasteiger partial charge in [-0.15, -0.1) is 0 Å². The Hall–Kier alpha value is -2.73. The minimum Gasteiger partial charge on any atom is -0.496 e. The number of aldehydes is 1. The summed E-state index contributed by atoms with van der Waals surface area (Å²) in [5.74, 6) is 0.406. The van der Waals surface area contributed by atoms with E-state index >= 15 is 0 Å². The zero-order valence-corrected chi connectivity index (χ0v) is 12.8. The molecule has 0 fully saturated rings. The number of carbonyl (C=O) groups excluding carboxylic acids is 1. The Balaban J connectivity index is 2.09. The Morgan fingerprint density at radius 3 is 2.78 bits per heavy atom. The van der Waals surface area contributed by atoms with E-state index in [9.17, 15) is 9.18 Å². The van der Waals surface area contributed by atoms with Crippen molar-refractivity contribution in [3.8, 4) is 5.75 Å². The van der Waals surface area contributed by atoms with Crippen molar-refractivity contribution in [2.45, 2.75) is 0 Å². The van der Waals surface area contributed by atoms with Crippen molar-refractivity contribution in [1.29, 1.82) is 0 Å². The molecule has 5 nitrogen and oxygen atoms in total. The molecule has 7 heteroatoms. The maximum atomic E-state index is 13.2. The topological polar surface area (TPSA) is 64.1 Å². The van der Waals surface area contributed by atoms with E-state index in [4.69, 9.17) is 16.3 Å². The van der Waals surface area contributed by atoms with Gasteiger partial charge < -0.3 is 10.1 Å². The summed E-state index contributed by atoms with van der Waals surface area (Å²) in [7, 11) is 1.48. The van der Waals surface area contributed by atoms with Crippen LogP contribution < -0.4 is 10.1 Å². The van der Waals surface area contributed by atoms with E-state index in [-0.39, 0.29) is 5.02 Å². The van der Waals surface area contributed by atoms with Gasteiger partial charge in [-0.1, -0.05) is 11.6 Å². The van der Waals surface area contributed by atoms with Crippen LogP contribution in [0.3, 0.4) is 0 Å². The van der Waals surface area contributed by atoms with E-state index in [0.29, 0.717) is 40.0 Å². The largest absolute Gasteiger partial charge is 0.496 e. The number of fused-ring (bicyclic) bond motifs is 1. The summed E-state index contributed by atoms with van der Waals surface area (Å²) in [6.45, 7) is 0. The van der Waals surface area contributed by atoms with E-state index in [0.717, 1.165) is 0 Å². The molecular formula is C16H11ClFN3O2. The standard InChI is InChI=1S/C16H11ClFN3O2/c1-23-15-6-14-11(4-9(15)7-22)16(20-8-19-14)21-10-2-3-13(18)12(17)5-10/h2-8H,1H3,(H,19,20,21). The lowest BCUT2D eigenvalue weighted by Crippen LogP contribution is -1.98. The number of nitrogens with zero attached hydrogens (tertiary/aromatic N) is 2. The molecule has 3 aromatic rings. The van der Waals surface area contributed by atoms with Gasteiger partial charge in [0, 0.05) is 17.1 Å². The van der Waals surface area contributed by atoms with Crippen LogP contribution in [0.25, 0.3) is 10.9 Å². The Morgan fingerprint density at radius 1 is 1.26 bits per heavy atom. The molecule has 1 heterocycles. The van der Waals surface area contributed by atoms with Gasteiger partial charge in [0.1, 0.15) is 23.7 Å². The van der Waals surface area contributed by atoms with Crippen molar-refractivity contribution >= 4 is 40.3 Å². The van der Waals surface area contributed by atoms with Crippen molar-refractivity contribution in [2.24, 2.45) is 0 Å². The van der Waals surface area contributed by atoms with Crippen LogP contribution in [0, 0.1) is 5.82 Å². The summed E-state index contributed by atoms with van der Waals surface area (Å²) in [4.78, 5) is 19.5. The molecule has 2 aromatic carbocycles. The number of hydrogen-bond donors (Lipinski definition) is 1. The van der Waals surface area contributed by atoms with Crippen LogP contribution in [0.1, 0.15) is 10.4 Å². The predicted octanol–water partition coefficient (Wildman–Crippen LogP) is 3.99. The number of benzene rings is 2. The summed E-state index contributed by atoms with van der Waals surface area (Å²) >= 11 is 5.77. The number of methoxy groups -OCH3 is 1. The van der Waals surface area contributed by atoms with Gasteiger partial charge in [0.05, 0.1) is 23.2 Å². The molecule has 0 atom stereocenters. The fourth-order valence-corrected chi connectivity index (χ4v) is 2.36. The molecule has 0 aliphatic heterocycles. The van der Waals surface area contributed by atoms with Gasteiger partial charge in [-0.3, -0.25) is 4.79 Å². The first-order chi connectivity index (χ1) is 11.1. The fraction of sp³-hybridized carbons (Fsp3) is 0.0625. The molecule has 0 aliphatic rings. The monoisotopic (exact) mass is 331 g/mol. The summed E-state index contributed by atoms with van der Waals surface area (Å²) in [5, 5.41) is 3.68. The lowest BCUT2D eigenvalue weighted by Gasteiger charge is -2.11. The zero-order valence-electron chi connectivity index (χ0n) is 12.0. The van der Waals surface area contributed by atoms with Crippen LogP contribution in [0.5, 0.6) is 5.75 Å². The van der Waals surface area contributed by atoms with Crippen molar-refractivity contribution in [1.82, 2.24) is 9.97 Å². The summed E-state index contributed by atoms with van der Waals surface area (Å²) in [6.07, 6.45) is 2.08. The first kappa shape index (κ1) is 15.2. The Morgan fingerprint density at radius 2 is 2.09 bits per heavy atom. The zero-order chi connectivity index (χ0) is 16.4. The van der Waals surface area contributed by atoms with Crippen LogP contribution in [-0.2, 0) is 0 Å². The van der Waals surface area contributed by atoms with Gasteiger partial charge in [0.25, 0.3) is 0 Å². The second-order valence-electron chi connectivity index (χ2n) is 4.71. The number of anilines is 2. The van der Waals surface area contributed by atoms with Gasteiger partial charge >= 0.3 is 0 Å². The molecule has 23 heavy (non-hydrogen) atoms. The maximum absolute atomic E-state index is 13.2. The van der Waals surface area contributed by atoms with E-state index in [2.05, 4.69) is 15.3 Å². The van der Waals surface area contributed by atoms with Gasteiger partial charge in [0.2, 0.25) is 0 Å². The molecule has 0 spiro atoms. The Kier molecular flexibility index (Phi) is 4.08. The highest BCUT2D eigenvalue weighted by Gasteiger charge is 2.11. The lowest BCUT2D eigenvalue weighted by atomic mass is 10.1. The van der Waals surface area contributed by atoms with Gasteiger partial charge in [-0.2, -0.15) is 0 Å². The molecule has 0 aliphatic carbocycles. The molecule has 0 bridgehead atoms. The molecule has 0 unspecified atom stereocenters. The highest BCUT2D eigenvalue weighted by Crippen LogP contribution is 2.29. The van der Waals surface area contributed by atoms with Crippen LogP contribution in [0.2, 0.25) is 5.02 Å². The average Bonchev–Trinajstić information content (AvgIpc) is 2.57. The molecule has 116 valence electrons. The van der Waals surface area contributed by atoms with Crippen LogP contribution in [0.15, 0.2) is 36.7 Å². The minimum absolute atomic E-state index is 0.00334. The lowest BCUT2D eigenvalue weighted by molar-refractivity contribution is 0.112. The fourth-order valence-electron chi connectivity index (χ4n) is 2.18. The molecule has 0 saturated heterocycles. The predicted molar refractivity (Wildman–Crippen MR) is 86.2 cm³/mol.